The number of hydrogen-bond acceptors (Lipinski definition) is 3. The van der Waals surface area contributed by atoms with E-state index in [1.54, 1.807) is 6.92 Å². The normalized spacial score (nSPS) is 11.0. The Bertz CT molecular complexity index is 293. The third-order valence-corrected chi connectivity index (χ3v) is 1.45. The van der Waals surface area contributed by atoms with E-state index in [1.807, 2.05) is 30.3 Å². The summed E-state index contributed by atoms with van der Waals surface area (Å²) in [5, 5.41) is 3.59. The molecule has 0 aliphatic heterocycles. The van der Waals surface area contributed by atoms with Crippen LogP contribution in [0.5, 0.6) is 0 Å². The second-order valence-corrected chi connectivity index (χ2v) is 2.61. The van der Waals surface area contributed by atoms with Crippen molar-refractivity contribution < 1.29 is 9.63 Å². The lowest BCUT2D eigenvalue weighted by molar-refractivity contribution is -0.102. The average Bonchev–Trinajstić information content (AvgIpc) is 2.19. The predicted octanol–water partition coefficient (Wildman–Crippen LogP) is 1.78. The van der Waals surface area contributed by atoms with Crippen molar-refractivity contribution in [3.05, 3.63) is 35.9 Å². The summed E-state index contributed by atoms with van der Waals surface area (Å²) in [7, 11) is 0. The van der Waals surface area contributed by atoms with Crippen molar-refractivity contribution >= 4 is 12.0 Å². The Hall–Kier alpha value is -1.64. The minimum Gasteiger partial charge on any atom is -0.391 e. The van der Waals surface area contributed by atoms with Crippen LogP contribution in [0.3, 0.4) is 0 Å². The molecule has 1 aromatic carbocycles. The summed E-state index contributed by atoms with van der Waals surface area (Å²) in [4.78, 5) is 15.1. The third kappa shape index (κ3) is 3.51. The number of rotatable bonds is 4. The summed E-state index contributed by atoms with van der Waals surface area (Å²) >= 11 is 0. The van der Waals surface area contributed by atoms with Crippen LogP contribution in [0.25, 0.3) is 0 Å². The van der Waals surface area contributed by atoms with Gasteiger partial charge in [0.25, 0.3) is 0 Å². The van der Waals surface area contributed by atoms with Crippen LogP contribution in [0.15, 0.2) is 35.5 Å². The second-order valence-electron chi connectivity index (χ2n) is 2.61. The minimum atomic E-state index is 0.343. The molecular formula is C10H11NO2. The number of carbonyl (C=O) groups excluding carboxylic acids is 1. The quantitative estimate of drug-likeness (QED) is 0.399. The summed E-state index contributed by atoms with van der Waals surface area (Å²) in [6, 6.07) is 9.66. The lowest BCUT2D eigenvalue weighted by atomic mass is 10.2. The highest BCUT2D eigenvalue weighted by molar-refractivity contribution is 6.26. The first-order valence-electron chi connectivity index (χ1n) is 3.98. The molecule has 0 saturated carbocycles. The Balaban J connectivity index is 2.40. The Kier molecular flexibility index (Phi) is 3.70. The van der Waals surface area contributed by atoms with Gasteiger partial charge in [0.05, 0.1) is 0 Å². The molecule has 1 rings (SSSR count). The van der Waals surface area contributed by atoms with Crippen LogP contribution in [-0.2, 0) is 16.2 Å². The van der Waals surface area contributed by atoms with Crippen molar-refractivity contribution in [3.63, 3.8) is 0 Å². The van der Waals surface area contributed by atoms with E-state index in [9.17, 15) is 4.79 Å². The molecule has 68 valence electrons. The van der Waals surface area contributed by atoms with Crippen molar-refractivity contribution in [1.82, 2.24) is 0 Å². The van der Waals surface area contributed by atoms with Gasteiger partial charge in [0.1, 0.15) is 12.3 Å². The topological polar surface area (TPSA) is 38.7 Å². The number of aldehydes is 1. The van der Waals surface area contributed by atoms with E-state index in [0.29, 0.717) is 18.6 Å². The predicted molar refractivity (Wildman–Crippen MR) is 50.4 cm³/mol. The fourth-order valence-electron chi connectivity index (χ4n) is 0.804. The highest BCUT2D eigenvalue weighted by atomic mass is 16.6. The summed E-state index contributed by atoms with van der Waals surface area (Å²) < 4.78 is 0. The van der Waals surface area contributed by atoms with Gasteiger partial charge in [0.2, 0.25) is 0 Å². The van der Waals surface area contributed by atoms with E-state index < -0.39 is 0 Å². The second kappa shape index (κ2) is 5.09. The van der Waals surface area contributed by atoms with E-state index in [4.69, 9.17) is 4.84 Å². The number of benzene rings is 1. The molecule has 13 heavy (non-hydrogen) atoms. The molecule has 0 spiro atoms. The molecule has 0 unspecified atom stereocenters. The molecule has 0 bridgehead atoms. The molecule has 0 amide bonds. The SMILES string of the molecule is C/C(C=O)=N\OCc1ccccc1. The molecule has 3 heteroatoms. The van der Waals surface area contributed by atoms with Crippen LogP contribution in [0.4, 0.5) is 0 Å². The van der Waals surface area contributed by atoms with Gasteiger partial charge in [-0.3, -0.25) is 4.79 Å². The van der Waals surface area contributed by atoms with Crippen LogP contribution in [0.2, 0.25) is 0 Å². The zero-order valence-electron chi connectivity index (χ0n) is 7.43. The van der Waals surface area contributed by atoms with Crippen LogP contribution in [0, 0.1) is 0 Å². The lowest BCUT2D eigenvalue weighted by Crippen LogP contribution is -1.94. The fourth-order valence-corrected chi connectivity index (χ4v) is 0.804. The van der Waals surface area contributed by atoms with Gasteiger partial charge in [0, 0.05) is 0 Å². The maximum Gasteiger partial charge on any atom is 0.167 e. The van der Waals surface area contributed by atoms with Gasteiger partial charge in [0.15, 0.2) is 6.29 Å². The maximum atomic E-state index is 10.1. The molecule has 1 aromatic rings. The summed E-state index contributed by atoms with van der Waals surface area (Å²) in [6.07, 6.45) is 0.658. The third-order valence-electron chi connectivity index (χ3n) is 1.45. The summed E-state index contributed by atoms with van der Waals surface area (Å²) in [5.41, 5.74) is 1.38. The molecule has 0 atom stereocenters. The summed E-state index contributed by atoms with van der Waals surface area (Å²) in [6.45, 7) is 1.99. The number of carbonyl (C=O) groups is 1. The molecular weight excluding hydrogens is 166 g/mol. The molecule has 0 saturated heterocycles. The van der Waals surface area contributed by atoms with E-state index in [2.05, 4.69) is 5.16 Å². The number of hydrogen-bond donors (Lipinski definition) is 0. The number of oxime groups is 1. The van der Waals surface area contributed by atoms with Crippen molar-refractivity contribution in [3.8, 4) is 0 Å². The van der Waals surface area contributed by atoms with Gasteiger partial charge in [-0.25, -0.2) is 0 Å². The van der Waals surface area contributed by atoms with E-state index in [0.717, 1.165) is 5.56 Å². The Labute approximate surface area is 77.0 Å². The maximum absolute atomic E-state index is 10.1. The van der Waals surface area contributed by atoms with Gasteiger partial charge in [-0.15, -0.1) is 0 Å². The molecule has 0 N–H and O–H groups in total. The minimum absolute atomic E-state index is 0.343. The molecule has 0 radical (unpaired) electrons. The van der Waals surface area contributed by atoms with Gasteiger partial charge < -0.3 is 4.84 Å². The van der Waals surface area contributed by atoms with E-state index >= 15 is 0 Å². The van der Waals surface area contributed by atoms with Crippen molar-refractivity contribution in [1.29, 1.82) is 0 Å². The smallest absolute Gasteiger partial charge is 0.167 e. The molecule has 0 aliphatic carbocycles. The van der Waals surface area contributed by atoms with Gasteiger partial charge in [-0.05, 0) is 12.5 Å². The lowest BCUT2D eigenvalue weighted by Gasteiger charge is -1.98. The Morgan fingerprint density at radius 3 is 2.77 bits per heavy atom. The molecule has 0 aromatic heterocycles. The largest absolute Gasteiger partial charge is 0.391 e. The molecule has 3 nitrogen and oxygen atoms in total. The first kappa shape index (κ1) is 9.45. The highest BCUT2D eigenvalue weighted by Crippen LogP contribution is 2.00. The van der Waals surface area contributed by atoms with Crippen LogP contribution >= 0.6 is 0 Å². The standard InChI is InChI=1S/C10H11NO2/c1-9(7-12)11-13-8-10-5-3-2-4-6-10/h2-7H,8H2,1H3/b11-9+. The number of nitrogens with zero attached hydrogens (tertiary/aromatic N) is 1. The average molecular weight is 177 g/mol. The first-order chi connectivity index (χ1) is 6.33. The van der Waals surface area contributed by atoms with Crippen LogP contribution < -0.4 is 0 Å². The zero-order chi connectivity index (χ0) is 9.52. The fraction of sp³-hybridized carbons (Fsp3) is 0.200. The molecule has 0 aliphatic rings. The van der Waals surface area contributed by atoms with Crippen LogP contribution in [0.1, 0.15) is 12.5 Å². The van der Waals surface area contributed by atoms with E-state index in [1.165, 1.54) is 0 Å². The van der Waals surface area contributed by atoms with Crippen molar-refractivity contribution in [2.75, 3.05) is 0 Å². The molecule has 0 heterocycles. The zero-order valence-corrected chi connectivity index (χ0v) is 7.43. The highest BCUT2D eigenvalue weighted by Gasteiger charge is 1.90. The monoisotopic (exact) mass is 177 g/mol. The van der Waals surface area contributed by atoms with Crippen molar-refractivity contribution in [2.24, 2.45) is 5.16 Å². The van der Waals surface area contributed by atoms with Crippen molar-refractivity contribution in [2.45, 2.75) is 13.5 Å². The van der Waals surface area contributed by atoms with Gasteiger partial charge in [-0.1, -0.05) is 35.5 Å². The first-order valence-corrected chi connectivity index (χ1v) is 3.98. The van der Waals surface area contributed by atoms with Crippen LogP contribution in [-0.4, -0.2) is 12.0 Å². The van der Waals surface area contributed by atoms with Gasteiger partial charge in [-0.2, -0.15) is 0 Å². The van der Waals surface area contributed by atoms with E-state index in [-0.39, 0.29) is 0 Å². The Morgan fingerprint density at radius 2 is 2.15 bits per heavy atom. The van der Waals surface area contributed by atoms with Gasteiger partial charge >= 0.3 is 0 Å². The summed E-state index contributed by atoms with van der Waals surface area (Å²) in [5.74, 6) is 0. The molecule has 0 fully saturated rings. The Morgan fingerprint density at radius 1 is 1.46 bits per heavy atom.